The van der Waals surface area contributed by atoms with Crippen LogP contribution in [0.25, 0.3) is 0 Å². The fourth-order valence-electron chi connectivity index (χ4n) is 1.31. The van der Waals surface area contributed by atoms with E-state index in [1.54, 1.807) is 11.8 Å². The number of amides is 1. The standard InChI is InChI=1S/C9H13N3OS2/c1-2-6-14-9-11-12-5-3-4-7(13)10-8(12)15-9/h2-6H2,1H3. The first kappa shape index (κ1) is 11.0. The van der Waals surface area contributed by atoms with Gasteiger partial charge >= 0.3 is 0 Å². The van der Waals surface area contributed by atoms with E-state index < -0.39 is 0 Å². The second-order valence-electron chi connectivity index (χ2n) is 3.33. The Balaban J connectivity index is 2.02. The number of hydrogen-bond acceptors (Lipinski definition) is 5. The van der Waals surface area contributed by atoms with Crippen molar-refractivity contribution in [2.75, 3.05) is 12.3 Å². The van der Waals surface area contributed by atoms with Gasteiger partial charge in [-0.3, -0.25) is 4.79 Å². The van der Waals surface area contributed by atoms with Crippen LogP contribution in [0, 0.1) is 0 Å². The topological polar surface area (TPSA) is 45.0 Å². The van der Waals surface area contributed by atoms with Crippen LogP contribution < -0.4 is 0 Å². The van der Waals surface area contributed by atoms with Crippen molar-refractivity contribution in [1.82, 2.24) is 5.01 Å². The van der Waals surface area contributed by atoms with Crippen molar-refractivity contribution in [1.29, 1.82) is 0 Å². The third-order valence-corrected chi connectivity index (χ3v) is 4.30. The molecule has 0 aromatic rings. The molecule has 0 aromatic carbocycles. The molecule has 0 bridgehead atoms. The summed E-state index contributed by atoms with van der Waals surface area (Å²) in [6.07, 6.45) is 2.53. The van der Waals surface area contributed by atoms with Crippen LogP contribution in [0.3, 0.4) is 0 Å². The highest BCUT2D eigenvalue weighted by molar-refractivity contribution is 8.45. The van der Waals surface area contributed by atoms with Gasteiger partial charge in [0.25, 0.3) is 0 Å². The molecular weight excluding hydrogens is 230 g/mol. The highest BCUT2D eigenvalue weighted by Crippen LogP contribution is 2.29. The normalized spacial score (nSPS) is 20.9. The molecule has 82 valence electrons. The van der Waals surface area contributed by atoms with Gasteiger partial charge in [-0.15, -0.1) is 0 Å². The first-order valence-corrected chi connectivity index (χ1v) is 6.88. The minimum atomic E-state index is -0.0167. The Bertz CT molecular complexity index is 327. The number of rotatable bonds is 2. The van der Waals surface area contributed by atoms with Gasteiger partial charge in [0.2, 0.25) is 5.91 Å². The van der Waals surface area contributed by atoms with Crippen LogP contribution in [-0.2, 0) is 4.79 Å². The van der Waals surface area contributed by atoms with Gasteiger partial charge in [-0.1, -0.05) is 18.7 Å². The van der Waals surface area contributed by atoms with E-state index in [9.17, 15) is 4.79 Å². The van der Waals surface area contributed by atoms with Crippen LogP contribution in [-0.4, -0.2) is 32.8 Å². The Labute approximate surface area is 97.6 Å². The Morgan fingerprint density at radius 1 is 1.60 bits per heavy atom. The molecular formula is C9H13N3OS2. The molecule has 0 unspecified atom stereocenters. The predicted octanol–water partition coefficient (Wildman–Crippen LogP) is 2.13. The summed E-state index contributed by atoms with van der Waals surface area (Å²) in [5.74, 6) is 1.05. The van der Waals surface area contributed by atoms with Gasteiger partial charge in [0.15, 0.2) is 9.54 Å². The molecule has 4 nitrogen and oxygen atoms in total. The van der Waals surface area contributed by atoms with E-state index in [0.29, 0.717) is 6.42 Å². The second-order valence-corrected chi connectivity index (χ2v) is 5.63. The number of carbonyl (C=O) groups is 1. The van der Waals surface area contributed by atoms with Crippen LogP contribution in [0.5, 0.6) is 0 Å². The van der Waals surface area contributed by atoms with Crippen molar-refractivity contribution in [3.05, 3.63) is 0 Å². The van der Waals surface area contributed by atoms with Gasteiger partial charge in [0.1, 0.15) is 0 Å². The molecule has 2 heterocycles. The third kappa shape index (κ3) is 2.75. The average Bonchev–Trinajstić information content (AvgIpc) is 2.50. The average molecular weight is 243 g/mol. The lowest BCUT2D eigenvalue weighted by atomic mass is 10.3. The highest BCUT2D eigenvalue weighted by atomic mass is 32.2. The van der Waals surface area contributed by atoms with E-state index in [2.05, 4.69) is 17.0 Å². The zero-order chi connectivity index (χ0) is 10.7. The smallest absolute Gasteiger partial charge is 0.248 e. The lowest BCUT2D eigenvalue weighted by molar-refractivity contribution is -0.117. The van der Waals surface area contributed by atoms with Crippen LogP contribution in [0.4, 0.5) is 0 Å². The lowest BCUT2D eigenvalue weighted by Gasteiger charge is -2.08. The van der Waals surface area contributed by atoms with Gasteiger partial charge in [0, 0.05) is 13.0 Å². The van der Waals surface area contributed by atoms with Crippen LogP contribution in [0.15, 0.2) is 10.1 Å². The van der Waals surface area contributed by atoms with Crippen LogP contribution in [0.2, 0.25) is 0 Å². The lowest BCUT2D eigenvalue weighted by Crippen LogP contribution is -2.18. The van der Waals surface area contributed by atoms with Gasteiger partial charge in [0.05, 0.1) is 0 Å². The van der Waals surface area contributed by atoms with Gasteiger partial charge < -0.3 is 0 Å². The molecule has 0 atom stereocenters. The Morgan fingerprint density at radius 2 is 2.47 bits per heavy atom. The molecule has 0 saturated carbocycles. The van der Waals surface area contributed by atoms with Gasteiger partial charge in [-0.05, 0) is 30.4 Å². The maximum Gasteiger partial charge on any atom is 0.248 e. The molecule has 0 fully saturated rings. The fourth-order valence-corrected chi connectivity index (χ4v) is 3.23. The summed E-state index contributed by atoms with van der Waals surface area (Å²) in [6.45, 7) is 2.96. The van der Waals surface area contributed by atoms with Crippen molar-refractivity contribution in [3.63, 3.8) is 0 Å². The van der Waals surface area contributed by atoms with Crippen molar-refractivity contribution < 1.29 is 4.79 Å². The minimum Gasteiger partial charge on any atom is -0.273 e. The highest BCUT2D eigenvalue weighted by Gasteiger charge is 2.26. The van der Waals surface area contributed by atoms with Crippen molar-refractivity contribution in [3.8, 4) is 0 Å². The molecule has 0 saturated heterocycles. The summed E-state index contributed by atoms with van der Waals surface area (Å²) in [7, 11) is 0. The molecule has 1 amide bonds. The molecule has 2 aliphatic rings. The van der Waals surface area contributed by atoms with E-state index in [1.165, 1.54) is 11.8 Å². The maximum atomic E-state index is 11.3. The zero-order valence-electron chi connectivity index (χ0n) is 8.60. The molecule has 2 rings (SSSR count). The van der Waals surface area contributed by atoms with Crippen molar-refractivity contribution in [2.45, 2.75) is 26.2 Å². The number of hydrazone groups is 1. The Kier molecular flexibility index (Phi) is 3.69. The number of thioether (sulfide) groups is 2. The molecule has 6 heteroatoms. The second kappa shape index (κ2) is 5.03. The zero-order valence-corrected chi connectivity index (χ0v) is 10.2. The Morgan fingerprint density at radius 3 is 3.27 bits per heavy atom. The number of hydrogen-bond donors (Lipinski definition) is 0. The molecule has 0 aromatic heterocycles. The van der Waals surface area contributed by atoms with Crippen molar-refractivity contribution >= 4 is 39.0 Å². The SMILES string of the molecule is CCCSC1=NN2CCCC(=O)N=C2S1. The van der Waals surface area contributed by atoms with Gasteiger partial charge in [-0.25, -0.2) is 5.01 Å². The monoisotopic (exact) mass is 243 g/mol. The summed E-state index contributed by atoms with van der Waals surface area (Å²) in [5, 5.41) is 7.05. The predicted molar refractivity (Wildman–Crippen MR) is 66.2 cm³/mol. The summed E-state index contributed by atoms with van der Waals surface area (Å²) in [6, 6.07) is 0. The number of aliphatic imine (C=N–C) groups is 1. The summed E-state index contributed by atoms with van der Waals surface area (Å²) in [4.78, 5) is 15.3. The number of nitrogens with zero attached hydrogens (tertiary/aromatic N) is 3. The van der Waals surface area contributed by atoms with Crippen LogP contribution >= 0.6 is 23.5 Å². The molecule has 2 aliphatic heterocycles. The van der Waals surface area contributed by atoms with Crippen molar-refractivity contribution in [2.24, 2.45) is 10.1 Å². The van der Waals surface area contributed by atoms with E-state index >= 15 is 0 Å². The van der Waals surface area contributed by atoms with E-state index in [-0.39, 0.29) is 5.91 Å². The summed E-state index contributed by atoms with van der Waals surface area (Å²) in [5.41, 5.74) is 0. The third-order valence-electron chi connectivity index (χ3n) is 2.01. The number of carbonyl (C=O) groups excluding carboxylic acids is 1. The molecule has 0 radical (unpaired) electrons. The van der Waals surface area contributed by atoms with Gasteiger partial charge in [-0.2, -0.15) is 10.1 Å². The molecule has 0 spiro atoms. The first-order chi connectivity index (χ1) is 7.29. The molecule has 15 heavy (non-hydrogen) atoms. The quantitative estimate of drug-likeness (QED) is 0.745. The molecule has 0 aliphatic carbocycles. The first-order valence-electron chi connectivity index (χ1n) is 5.08. The fraction of sp³-hybridized carbons (Fsp3) is 0.667. The maximum absolute atomic E-state index is 11.3. The number of amidine groups is 1. The summed E-state index contributed by atoms with van der Waals surface area (Å²) < 4.78 is 1.02. The van der Waals surface area contributed by atoms with E-state index in [4.69, 9.17) is 0 Å². The summed E-state index contributed by atoms with van der Waals surface area (Å²) >= 11 is 3.26. The molecule has 0 N–H and O–H groups in total. The van der Waals surface area contributed by atoms with E-state index in [1.807, 2.05) is 5.01 Å². The largest absolute Gasteiger partial charge is 0.273 e. The minimum absolute atomic E-state index is 0.0167. The number of fused-ring (bicyclic) bond motifs is 1. The Hall–Kier alpha value is -0.490. The van der Waals surface area contributed by atoms with Crippen LogP contribution in [0.1, 0.15) is 26.2 Å². The van der Waals surface area contributed by atoms with E-state index in [0.717, 1.165) is 34.7 Å².